The Morgan fingerprint density at radius 1 is 1.21 bits per heavy atom. The average Bonchev–Trinajstić information content (AvgIpc) is 3.11. The fraction of sp³-hybridized carbons (Fsp3) is 0.263. The number of carboxylic acid groups (broad SMARTS) is 1. The maximum absolute atomic E-state index is 13.2. The molecular formula is C19H19FN4O3S. The minimum absolute atomic E-state index is 0.0852. The molecule has 1 aromatic carbocycles. The van der Waals surface area contributed by atoms with Crippen LogP contribution in [0.5, 0.6) is 0 Å². The monoisotopic (exact) mass is 402 g/mol. The summed E-state index contributed by atoms with van der Waals surface area (Å²) in [7, 11) is 1.58. The zero-order valence-corrected chi connectivity index (χ0v) is 16.0. The van der Waals surface area contributed by atoms with Crippen LogP contribution in [0.1, 0.15) is 12.8 Å². The number of anilines is 1. The van der Waals surface area contributed by atoms with Gasteiger partial charge in [-0.2, -0.15) is 0 Å². The number of aromatic nitrogens is 2. The van der Waals surface area contributed by atoms with E-state index in [-0.39, 0.29) is 31.1 Å². The van der Waals surface area contributed by atoms with E-state index in [9.17, 15) is 14.0 Å². The molecule has 0 spiro atoms. The first-order valence-electron chi connectivity index (χ1n) is 8.63. The van der Waals surface area contributed by atoms with Crippen LogP contribution in [0.25, 0.3) is 21.3 Å². The van der Waals surface area contributed by atoms with Crippen LogP contribution in [0.3, 0.4) is 0 Å². The van der Waals surface area contributed by atoms with E-state index < -0.39 is 5.97 Å². The van der Waals surface area contributed by atoms with Crippen molar-refractivity contribution in [3.8, 4) is 11.1 Å². The van der Waals surface area contributed by atoms with Crippen LogP contribution in [-0.2, 0) is 9.59 Å². The number of aliphatic carboxylic acids is 1. The van der Waals surface area contributed by atoms with Gasteiger partial charge in [0.2, 0.25) is 5.91 Å². The summed E-state index contributed by atoms with van der Waals surface area (Å²) in [4.78, 5) is 33.5. The average molecular weight is 402 g/mol. The van der Waals surface area contributed by atoms with Crippen molar-refractivity contribution >= 4 is 39.2 Å². The van der Waals surface area contributed by atoms with Crippen LogP contribution in [0.15, 0.2) is 36.0 Å². The number of hydrogen-bond acceptors (Lipinski definition) is 6. The first-order valence-corrected chi connectivity index (χ1v) is 9.51. The third-order valence-corrected chi connectivity index (χ3v) is 5.13. The van der Waals surface area contributed by atoms with E-state index in [1.807, 2.05) is 5.38 Å². The molecule has 2 heterocycles. The minimum atomic E-state index is -0.938. The van der Waals surface area contributed by atoms with Gasteiger partial charge in [-0.15, -0.1) is 11.3 Å². The molecule has 3 aromatic rings. The topological polar surface area (TPSA) is 95.4 Å². The SMILES string of the molecule is CN(CCC(=O)O)C(=O)CCNc1ncnc2scc(-c3ccc(F)cc3)c12. The minimum Gasteiger partial charge on any atom is -0.481 e. The molecule has 0 fully saturated rings. The van der Waals surface area contributed by atoms with Gasteiger partial charge in [-0.05, 0) is 17.7 Å². The molecule has 28 heavy (non-hydrogen) atoms. The normalized spacial score (nSPS) is 10.8. The van der Waals surface area contributed by atoms with E-state index in [1.165, 1.54) is 34.7 Å². The van der Waals surface area contributed by atoms with Crippen LogP contribution < -0.4 is 5.32 Å². The second-order valence-electron chi connectivity index (χ2n) is 6.19. The van der Waals surface area contributed by atoms with Crippen LogP contribution in [-0.4, -0.2) is 52.0 Å². The fourth-order valence-electron chi connectivity index (χ4n) is 2.72. The van der Waals surface area contributed by atoms with Crippen LogP contribution >= 0.6 is 11.3 Å². The lowest BCUT2D eigenvalue weighted by atomic mass is 10.1. The van der Waals surface area contributed by atoms with Crippen molar-refractivity contribution in [2.75, 3.05) is 25.5 Å². The van der Waals surface area contributed by atoms with Crippen molar-refractivity contribution in [1.82, 2.24) is 14.9 Å². The highest BCUT2D eigenvalue weighted by Gasteiger charge is 2.14. The number of benzene rings is 1. The van der Waals surface area contributed by atoms with Gasteiger partial charge in [-0.1, -0.05) is 12.1 Å². The number of rotatable bonds is 8. The van der Waals surface area contributed by atoms with E-state index >= 15 is 0 Å². The number of amides is 1. The highest BCUT2D eigenvalue weighted by atomic mass is 32.1. The maximum Gasteiger partial charge on any atom is 0.305 e. The summed E-state index contributed by atoms with van der Waals surface area (Å²) in [5.74, 6) is -0.787. The van der Waals surface area contributed by atoms with Gasteiger partial charge in [0.25, 0.3) is 0 Å². The third kappa shape index (κ3) is 4.61. The first kappa shape index (κ1) is 19.7. The zero-order chi connectivity index (χ0) is 20.1. The molecule has 7 nitrogen and oxygen atoms in total. The third-order valence-electron chi connectivity index (χ3n) is 4.24. The van der Waals surface area contributed by atoms with Crippen LogP contribution in [0.2, 0.25) is 0 Å². The Labute approximate surface area is 164 Å². The number of nitrogens with zero attached hydrogens (tertiary/aromatic N) is 3. The molecule has 0 bridgehead atoms. The van der Waals surface area contributed by atoms with Crippen molar-refractivity contribution in [2.45, 2.75) is 12.8 Å². The van der Waals surface area contributed by atoms with Crippen molar-refractivity contribution in [3.05, 3.63) is 41.8 Å². The van der Waals surface area contributed by atoms with Crippen molar-refractivity contribution < 1.29 is 19.1 Å². The Kier molecular flexibility index (Phi) is 6.15. The first-order chi connectivity index (χ1) is 13.5. The Morgan fingerprint density at radius 2 is 1.96 bits per heavy atom. The number of carbonyl (C=O) groups excluding carboxylic acids is 1. The Morgan fingerprint density at radius 3 is 2.68 bits per heavy atom. The quantitative estimate of drug-likeness (QED) is 0.601. The number of halogens is 1. The van der Waals surface area contributed by atoms with E-state index in [1.54, 1.807) is 19.2 Å². The summed E-state index contributed by atoms with van der Waals surface area (Å²) >= 11 is 1.47. The lowest BCUT2D eigenvalue weighted by Crippen LogP contribution is -2.30. The number of carbonyl (C=O) groups is 2. The Balaban J connectivity index is 1.71. The smallest absolute Gasteiger partial charge is 0.305 e. The molecule has 0 saturated carbocycles. The van der Waals surface area contributed by atoms with Gasteiger partial charge in [-0.25, -0.2) is 14.4 Å². The van der Waals surface area contributed by atoms with Gasteiger partial charge in [0, 0.05) is 37.5 Å². The second kappa shape index (κ2) is 8.75. The summed E-state index contributed by atoms with van der Waals surface area (Å²) in [5.41, 5.74) is 1.75. The van der Waals surface area contributed by atoms with Gasteiger partial charge >= 0.3 is 5.97 Å². The largest absolute Gasteiger partial charge is 0.481 e. The lowest BCUT2D eigenvalue weighted by molar-refractivity contribution is -0.138. The lowest BCUT2D eigenvalue weighted by Gasteiger charge is -2.16. The molecule has 9 heteroatoms. The summed E-state index contributed by atoms with van der Waals surface area (Å²) < 4.78 is 13.2. The highest BCUT2D eigenvalue weighted by Crippen LogP contribution is 2.36. The standard InChI is InChI=1S/C19H19FN4O3S/c1-24(9-7-16(26)27)15(25)6-8-21-18-17-14(10-28-19(17)23-11-22-18)12-2-4-13(20)5-3-12/h2-5,10-11H,6-9H2,1H3,(H,26,27)(H,21,22,23). The number of nitrogens with one attached hydrogen (secondary N) is 1. The van der Waals surface area contributed by atoms with Crippen molar-refractivity contribution in [2.24, 2.45) is 0 Å². The van der Waals surface area contributed by atoms with Gasteiger partial charge in [0.05, 0.1) is 11.8 Å². The zero-order valence-electron chi connectivity index (χ0n) is 15.2. The van der Waals surface area contributed by atoms with Gasteiger partial charge in [0.1, 0.15) is 22.8 Å². The molecule has 2 aromatic heterocycles. The van der Waals surface area contributed by atoms with Crippen molar-refractivity contribution in [1.29, 1.82) is 0 Å². The van der Waals surface area contributed by atoms with E-state index in [0.717, 1.165) is 21.3 Å². The molecule has 146 valence electrons. The molecule has 0 aliphatic rings. The molecule has 0 aliphatic carbocycles. The predicted octanol–water partition coefficient (Wildman–Crippen LogP) is 3.23. The number of thiophene rings is 1. The van der Waals surface area contributed by atoms with E-state index in [4.69, 9.17) is 5.11 Å². The predicted molar refractivity (Wildman–Crippen MR) is 106 cm³/mol. The highest BCUT2D eigenvalue weighted by molar-refractivity contribution is 7.17. The Hall–Kier alpha value is -3.07. The maximum atomic E-state index is 13.2. The van der Waals surface area contributed by atoms with Crippen LogP contribution in [0.4, 0.5) is 10.2 Å². The number of hydrogen-bond donors (Lipinski definition) is 2. The van der Waals surface area contributed by atoms with Crippen molar-refractivity contribution in [3.63, 3.8) is 0 Å². The molecule has 3 rings (SSSR count). The van der Waals surface area contributed by atoms with E-state index in [2.05, 4.69) is 15.3 Å². The molecule has 0 atom stereocenters. The summed E-state index contributed by atoms with van der Waals surface area (Å²) in [6.07, 6.45) is 1.58. The van der Waals surface area contributed by atoms with Gasteiger partial charge in [0.15, 0.2) is 0 Å². The molecule has 0 radical (unpaired) electrons. The molecule has 0 aliphatic heterocycles. The molecular weight excluding hydrogens is 383 g/mol. The summed E-state index contributed by atoms with van der Waals surface area (Å²) in [6, 6.07) is 6.21. The molecule has 0 saturated heterocycles. The summed E-state index contributed by atoms with van der Waals surface area (Å²) in [6.45, 7) is 0.520. The number of carboxylic acids is 1. The van der Waals surface area contributed by atoms with Gasteiger partial charge in [-0.3, -0.25) is 9.59 Å². The second-order valence-corrected chi connectivity index (χ2v) is 7.05. The Bertz CT molecular complexity index is 991. The van der Waals surface area contributed by atoms with E-state index in [0.29, 0.717) is 12.4 Å². The van der Waals surface area contributed by atoms with Crippen LogP contribution in [0, 0.1) is 5.82 Å². The fourth-order valence-corrected chi connectivity index (χ4v) is 3.63. The molecule has 2 N–H and O–H groups in total. The summed E-state index contributed by atoms with van der Waals surface area (Å²) in [5, 5.41) is 14.6. The van der Waals surface area contributed by atoms with Gasteiger partial charge < -0.3 is 15.3 Å². The molecule has 1 amide bonds. The number of fused-ring (bicyclic) bond motifs is 1. The molecule has 0 unspecified atom stereocenters.